The van der Waals surface area contributed by atoms with Crippen LogP contribution in [0.25, 0.3) is 0 Å². The Balaban J connectivity index is 2.72. The Morgan fingerprint density at radius 1 is 1.56 bits per heavy atom. The van der Waals surface area contributed by atoms with E-state index in [4.69, 9.17) is 4.74 Å². The van der Waals surface area contributed by atoms with Crippen LogP contribution in [0.2, 0.25) is 0 Å². The number of hydrogen-bond acceptors (Lipinski definition) is 5. The Morgan fingerprint density at radius 2 is 2.33 bits per heavy atom. The molecule has 0 aliphatic rings. The molecular formula is C13H20N2O2S. The second kappa shape index (κ2) is 7.97. The third-order valence-electron chi connectivity index (χ3n) is 2.26. The summed E-state index contributed by atoms with van der Waals surface area (Å²) >= 11 is 1.85. The van der Waals surface area contributed by atoms with Crippen LogP contribution < -0.4 is 5.32 Å². The van der Waals surface area contributed by atoms with E-state index in [1.165, 1.54) is 0 Å². The molecule has 0 radical (unpaired) electrons. The first-order valence-corrected chi connectivity index (χ1v) is 7.30. The number of pyridine rings is 1. The fourth-order valence-corrected chi connectivity index (χ4v) is 2.14. The number of carbonyl (C=O) groups is 1. The average molecular weight is 268 g/mol. The van der Waals surface area contributed by atoms with Gasteiger partial charge in [-0.3, -0.25) is 0 Å². The van der Waals surface area contributed by atoms with E-state index in [1.54, 1.807) is 25.3 Å². The standard InChI is InChI=1S/C13H20N2O2S/c1-4-17-13(16)11-7-6-8-14-12(11)15-10(3)9-18-5-2/h6-8,10H,4-5,9H2,1-3H3,(H,14,15). The van der Waals surface area contributed by atoms with Crippen LogP contribution >= 0.6 is 11.8 Å². The van der Waals surface area contributed by atoms with E-state index < -0.39 is 0 Å². The average Bonchev–Trinajstić information content (AvgIpc) is 2.37. The minimum absolute atomic E-state index is 0.262. The van der Waals surface area contributed by atoms with Crippen LogP contribution in [0.15, 0.2) is 18.3 Å². The lowest BCUT2D eigenvalue weighted by atomic mass is 10.2. The molecule has 4 nitrogen and oxygen atoms in total. The van der Waals surface area contributed by atoms with E-state index in [0.717, 1.165) is 11.5 Å². The van der Waals surface area contributed by atoms with Crippen molar-refractivity contribution in [2.24, 2.45) is 0 Å². The van der Waals surface area contributed by atoms with E-state index in [1.807, 2.05) is 11.8 Å². The second-order valence-corrected chi connectivity index (χ2v) is 5.14. The summed E-state index contributed by atoms with van der Waals surface area (Å²) in [4.78, 5) is 16.0. The summed E-state index contributed by atoms with van der Waals surface area (Å²) in [5.41, 5.74) is 0.493. The van der Waals surface area contributed by atoms with Gasteiger partial charge in [-0.15, -0.1) is 0 Å². The van der Waals surface area contributed by atoms with Crippen molar-refractivity contribution in [3.8, 4) is 0 Å². The number of hydrogen-bond donors (Lipinski definition) is 1. The quantitative estimate of drug-likeness (QED) is 0.771. The molecule has 0 aliphatic carbocycles. The van der Waals surface area contributed by atoms with E-state index in [-0.39, 0.29) is 12.0 Å². The first kappa shape index (κ1) is 14.8. The SMILES string of the molecule is CCOC(=O)c1cccnc1NC(C)CSCC. The van der Waals surface area contributed by atoms with Gasteiger partial charge < -0.3 is 10.1 Å². The molecule has 0 aromatic carbocycles. The maximum Gasteiger partial charge on any atom is 0.341 e. The van der Waals surface area contributed by atoms with Gasteiger partial charge in [-0.05, 0) is 31.7 Å². The molecule has 1 aromatic rings. The van der Waals surface area contributed by atoms with Gasteiger partial charge in [0.2, 0.25) is 0 Å². The summed E-state index contributed by atoms with van der Waals surface area (Å²) in [7, 11) is 0. The third-order valence-corrected chi connectivity index (χ3v) is 3.40. The summed E-state index contributed by atoms with van der Waals surface area (Å²) < 4.78 is 5.01. The lowest BCUT2D eigenvalue weighted by molar-refractivity contribution is 0.0527. The van der Waals surface area contributed by atoms with Crippen molar-refractivity contribution in [1.82, 2.24) is 4.98 Å². The Kier molecular flexibility index (Phi) is 6.57. The van der Waals surface area contributed by atoms with Gasteiger partial charge in [-0.2, -0.15) is 11.8 Å². The van der Waals surface area contributed by atoms with Crippen LogP contribution in [0, 0.1) is 0 Å². The summed E-state index contributed by atoms with van der Waals surface area (Å²) in [5.74, 6) is 2.33. The third kappa shape index (κ3) is 4.56. The molecule has 1 atom stereocenters. The Bertz CT molecular complexity index is 385. The number of anilines is 1. The summed E-state index contributed by atoms with van der Waals surface area (Å²) in [6, 6.07) is 3.73. The molecule has 100 valence electrons. The first-order chi connectivity index (χ1) is 8.69. The maximum absolute atomic E-state index is 11.8. The van der Waals surface area contributed by atoms with Gasteiger partial charge in [-0.25, -0.2) is 9.78 Å². The molecule has 0 fully saturated rings. The topological polar surface area (TPSA) is 51.2 Å². The van der Waals surface area contributed by atoms with Crippen molar-refractivity contribution < 1.29 is 9.53 Å². The molecule has 0 saturated heterocycles. The van der Waals surface area contributed by atoms with Crippen molar-refractivity contribution in [3.05, 3.63) is 23.9 Å². The molecule has 1 rings (SSSR count). The zero-order valence-electron chi connectivity index (χ0n) is 11.1. The highest BCUT2D eigenvalue weighted by Gasteiger charge is 2.14. The van der Waals surface area contributed by atoms with Gasteiger partial charge in [0.15, 0.2) is 0 Å². The number of esters is 1. The number of ether oxygens (including phenoxy) is 1. The predicted molar refractivity (Wildman–Crippen MR) is 76.3 cm³/mol. The van der Waals surface area contributed by atoms with Gasteiger partial charge >= 0.3 is 5.97 Å². The van der Waals surface area contributed by atoms with Crippen LogP contribution in [0.1, 0.15) is 31.1 Å². The van der Waals surface area contributed by atoms with E-state index in [2.05, 4.69) is 24.1 Å². The molecule has 1 unspecified atom stereocenters. The monoisotopic (exact) mass is 268 g/mol. The van der Waals surface area contributed by atoms with E-state index in [0.29, 0.717) is 18.0 Å². The molecule has 1 N–H and O–H groups in total. The smallest absolute Gasteiger partial charge is 0.341 e. The van der Waals surface area contributed by atoms with E-state index >= 15 is 0 Å². The summed E-state index contributed by atoms with van der Waals surface area (Å²) in [6.45, 7) is 6.37. The van der Waals surface area contributed by atoms with Gasteiger partial charge in [-0.1, -0.05) is 6.92 Å². The largest absolute Gasteiger partial charge is 0.462 e. The molecule has 18 heavy (non-hydrogen) atoms. The van der Waals surface area contributed by atoms with Crippen LogP contribution in [0.4, 0.5) is 5.82 Å². The number of carbonyl (C=O) groups excluding carboxylic acids is 1. The highest BCUT2D eigenvalue weighted by Crippen LogP contribution is 2.15. The molecule has 0 aliphatic heterocycles. The minimum atomic E-state index is -0.330. The number of nitrogens with zero attached hydrogens (tertiary/aromatic N) is 1. The fourth-order valence-electron chi connectivity index (χ4n) is 1.46. The molecule has 0 bridgehead atoms. The van der Waals surface area contributed by atoms with Crippen LogP contribution in [-0.2, 0) is 4.74 Å². The Labute approximate surface area is 113 Å². The second-order valence-electron chi connectivity index (χ2n) is 3.82. The molecular weight excluding hydrogens is 248 g/mol. The van der Waals surface area contributed by atoms with Crippen molar-refractivity contribution in [3.63, 3.8) is 0 Å². The maximum atomic E-state index is 11.8. The molecule has 1 heterocycles. The highest BCUT2D eigenvalue weighted by molar-refractivity contribution is 7.99. The molecule has 1 aromatic heterocycles. The number of rotatable bonds is 7. The lowest BCUT2D eigenvalue weighted by Crippen LogP contribution is -2.21. The van der Waals surface area contributed by atoms with Crippen molar-refractivity contribution in [2.45, 2.75) is 26.8 Å². The van der Waals surface area contributed by atoms with Crippen LogP contribution in [0.5, 0.6) is 0 Å². The zero-order valence-corrected chi connectivity index (χ0v) is 11.9. The van der Waals surface area contributed by atoms with Gasteiger partial charge in [0.05, 0.1) is 6.61 Å². The molecule has 0 spiro atoms. The summed E-state index contributed by atoms with van der Waals surface area (Å²) in [6.07, 6.45) is 1.67. The minimum Gasteiger partial charge on any atom is -0.462 e. The predicted octanol–water partition coefficient (Wildman–Crippen LogP) is 2.81. The van der Waals surface area contributed by atoms with Crippen molar-refractivity contribution in [1.29, 1.82) is 0 Å². The molecule has 0 amide bonds. The Hall–Kier alpha value is -1.23. The van der Waals surface area contributed by atoms with Crippen molar-refractivity contribution in [2.75, 3.05) is 23.4 Å². The zero-order chi connectivity index (χ0) is 13.4. The van der Waals surface area contributed by atoms with E-state index in [9.17, 15) is 4.79 Å². The highest BCUT2D eigenvalue weighted by atomic mass is 32.2. The van der Waals surface area contributed by atoms with Gasteiger partial charge in [0.1, 0.15) is 11.4 Å². The summed E-state index contributed by atoms with van der Waals surface area (Å²) in [5, 5.41) is 3.25. The van der Waals surface area contributed by atoms with Crippen molar-refractivity contribution >= 4 is 23.5 Å². The van der Waals surface area contributed by atoms with Gasteiger partial charge in [0.25, 0.3) is 0 Å². The number of thioether (sulfide) groups is 1. The lowest BCUT2D eigenvalue weighted by Gasteiger charge is -2.15. The number of aromatic nitrogens is 1. The Morgan fingerprint density at radius 3 is 3.00 bits per heavy atom. The van der Waals surface area contributed by atoms with Crippen LogP contribution in [-0.4, -0.2) is 35.1 Å². The normalized spacial score (nSPS) is 11.9. The number of nitrogens with one attached hydrogen (secondary N) is 1. The first-order valence-electron chi connectivity index (χ1n) is 6.15. The van der Waals surface area contributed by atoms with Gasteiger partial charge in [0, 0.05) is 18.0 Å². The fraction of sp³-hybridized carbons (Fsp3) is 0.538. The molecule has 5 heteroatoms. The molecule has 0 saturated carbocycles. The van der Waals surface area contributed by atoms with Crippen LogP contribution in [0.3, 0.4) is 0 Å².